The average Bonchev–Trinajstić information content (AvgIpc) is 2.71. The molecule has 1 heterocycles. The van der Waals surface area contributed by atoms with E-state index in [1.165, 1.54) is 10.7 Å². The molecule has 0 aromatic carbocycles. The van der Waals surface area contributed by atoms with Gasteiger partial charge in [-0.1, -0.05) is 6.58 Å². The Bertz CT molecular complexity index is 716. The number of nitrogens with two attached hydrogens (primary N) is 1. The number of hydrogen-bond donors (Lipinski definition) is 1. The van der Waals surface area contributed by atoms with Gasteiger partial charge in [0.25, 0.3) is 5.24 Å². The van der Waals surface area contributed by atoms with E-state index >= 15 is 0 Å². The molecule has 0 spiro atoms. The number of rotatable bonds is 5. The standard InChI is InChI=1S/C11H13ClN4O3S/c1-4-10(14-6-8(3)20(13,18)19)16-7(2)5-9(15-16)11(12)17/h4-6H,3H2,1-2H3,(H2,13,18,19)/b10-4+,14-6?. The smallest absolute Gasteiger partial charge is 0.272 e. The molecule has 0 saturated carbocycles. The first-order chi connectivity index (χ1) is 9.16. The molecule has 0 amide bonds. The predicted octanol–water partition coefficient (Wildman–Crippen LogP) is 1.26. The zero-order chi connectivity index (χ0) is 15.5. The molecule has 2 N–H and O–H groups in total. The molecular formula is C11H13ClN4O3S. The van der Waals surface area contributed by atoms with Crippen molar-refractivity contribution in [1.82, 2.24) is 9.78 Å². The van der Waals surface area contributed by atoms with E-state index in [9.17, 15) is 13.2 Å². The fourth-order valence-corrected chi connectivity index (χ4v) is 1.56. The Hall–Kier alpha value is -1.77. The maximum atomic E-state index is 11.0. The van der Waals surface area contributed by atoms with E-state index in [0.29, 0.717) is 11.5 Å². The molecule has 0 bridgehead atoms. The number of nitrogens with zero attached hydrogens (tertiary/aromatic N) is 3. The lowest BCUT2D eigenvalue weighted by Gasteiger charge is -2.03. The van der Waals surface area contributed by atoms with E-state index in [2.05, 4.69) is 16.7 Å². The van der Waals surface area contributed by atoms with Crippen molar-refractivity contribution in [1.29, 1.82) is 0 Å². The number of allylic oxidation sites excluding steroid dienone is 2. The van der Waals surface area contributed by atoms with Crippen molar-refractivity contribution >= 4 is 38.9 Å². The lowest BCUT2D eigenvalue weighted by atomic mass is 10.4. The van der Waals surface area contributed by atoms with Crippen LogP contribution < -0.4 is 5.14 Å². The molecule has 9 heteroatoms. The van der Waals surface area contributed by atoms with Gasteiger partial charge < -0.3 is 0 Å². The lowest BCUT2D eigenvalue weighted by molar-refractivity contribution is 0.107. The number of hydrogen-bond acceptors (Lipinski definition) is 5. The normalized spacial score (nSPS) is 12.9. The summed E-state index contributed by atoms with van der Waals surface area (Å²) in [5.74, 6) is 0.302. The van der Waals surface area contributed by atoms with E-state index in [-0.39, 0.29) is 10.6 Å². The summed E-state index contributed by atoms with van der Waals surface area (Å²) in [6, 6.07) is 1.49. The molecule has 0 aliphatic heterocycles. The van der Waals surface area contributed by atoms with Crippen molar-refractivity contribution in [3.63, 3.8) is 0 Å². The number of aryl methyl sites for hydroxylation is 1. The van der Waals surface area contributed by atoms with Crippen LogP contribution in [0.3, 0.4) is 0 Å². The average molecular weight is 317 g/mol. The number of aromatic nitrogens is 2. The van der Waals surface area contributed by atoms with Gasteiger partial charge in [0.05, 0.1) is 4.91 Å². The van der Waals surface area contributed by atoms with Gasteiger partial charge in [-0.3, -0.25) is 4.79 Å². The minimum atomic E-state index is -3.88. The molecule has 0 saturated heterocycles. The van der Waals surface area contributed by atoms with Crippen LogP contribution in [0.15, 0.2) is 28.6 Å². The van der Waals surface area contributed by atoms with Crippen molar-refractivity contribution in [2.24, 2.45) is 10.1 Å². The van der Waals surface area contributed by atoms with Crippen molar-refractivity contribution in [2.75, 3.05) is 0 Å². The minimum Gasteiger partial charge on any atom is -0.274 e. The first kappa shape index (κ1) is 16.3. The van der Waals surface area contributed by atoms with Gasteiger partial charge in [0.15, 0.2) is 0 Å². The summed E-state index contributed by atoms with van der Waals surface area (Å²) in [4.78, 5) is 14.6. The molecule has 0 unspecified atom stereocenters. The third kappa shape index (κ3) is 3.86. The SMILES string of the molecule is C=C(C=N/C(=C\C)n1nc(C(=O)Cl)cc1C)S(N)(=O)=O. The summed E-state index contributed by atoms with van der Waals surface area (Å²) in [5.41, 5.74) is 0.685. The number of carbonyl (C=O) groups excluding carboxylic acids is 1. The molecule has 1 rings (SSSR count). The molecule has 7 nitrogen and oxygen atoms in total. The highest BCUT2D eigenvalue weighted by atomic mass is 35.5. The summed E-state index contributed by atoms with van der Waals surface area (Å²) >= 11 is 5.34. The van der Waals surface area contributed by atoms with Crippen molar-refractivity contribution in [2.45, 2.75) is 13.8 Å². The van der Waals surface area contributed by atoms with Crippen LogP contribution in [0.1, 0.15) is 23.1 Å². The number of sulfonamides is 1. The molecule has 0 radical (unpaired) electrons. The summed E-state index contributed by atoms with van der Waals surface area (Å²) in [6.07, 6.45) is 2.59. The maximum Gasteiger partial charge on any atom is 0.272 e. The minimum absolute atomic E-state index is 0.0731. The largest absolute Gasteiger partial charge is 0.274 e. The molecule has 0 fully saturated rings. The van der Waals surface area contributed by atoms with Crippen LogP contribution in [0, 0.1) is 6.92 Å². The Balaban J connectivity index is 3.14. The zero-order valence-corrected chi connectivity index (χ0v) is 12.4. The van der Waals surface area contributed by atoms with Gasteiger partial charge in [-0.15, -0.1) is 0 Å². The highest BCUT2D eigenvalue weighted by molar-refractivity contribution is 7.93. The van der Waals surface area contributed by atoms with Crippen molar-refractivity contribution in [3.8, 4) is 0 Å². The van der Waals surface area contributed by atoms with Gasteiger partial charge in [-0.25, -0.2) is 23.2 Å². The topological polar surface area (TPSA) is 107 Å². The van der Waals surface area contributed by atoms with Crippen LogP contribution in [-0.4, -0.2) is 29.7 Å². The van der Waals surface area contributed by atoms with Crippen molar-refractivity contribution in [3.05, 3.63) is 35.0 Å². The predicted molar refractivity (Wildman–Crippen MR) is 77.8 cm³/mol. The molecule has 0 aliphatic rings. The number of halogens is 1. The number of aliphatic imine (C=N–C) groups is 1. The highest BCUT2D eigenvalue weighted by Gasteiger charge is 2.12. The number of primary sulfonamides is 1. The Morgan fingerprint density at radius 2 is 2.20 bits per heavy atom. The first-order valence-electron chi connectivity index (χ1n) is 5.35. The van der Waals surface area contributed by atoms with Crippen LogP contribution in [0.2, 0.25) is 0 Å². The van der Waals surface area contributed by atoms with Gasteiger partial charge in [0.2, 0.25) is 10.0 Å². The van der Waals surface area contributed by atoms with Crippen molar-refractivity contribution < 1.29 is 13.2 Å². The third-order valence-corrected chi connectivity index (χ3v) is 3.30. The summed E-state index contributed by atoms with van der Waals surface area (Å²) in [7, 11) is -3.88. The highest BCUT2D eigenvalue weighted by Crippen LogP contribution is 2.13. The summed E-state index contributed by atoms with van der Waals surface area (Å²) < 4.78 is 23.4. The quantitative estimate of drug-likeness (QED) is 0.651. The second kappa shape index (κ2) is 6.12. The van der Waals surface area contributed by atoms with Crippen LogP contribution in [0.4, 0.5) is 0 Å². The van der Waals surface area contributed by atoms with Crippen LogP contribution >= 0.6 is 11.6 Å². The van der Waals surface area contributed by atoms with Gasteiger partial charge in [-0.2, -0.15) is 5.10 Å². The first-order valence-corrected chi connectivity index (χ1v) is 7.28. The van der Waals surface area contributed by atoms with Gasteiger partial charge >= 0.3 is 0 Å². The molecular weight excluding hydrogens is 304 g/mol. The van der Waals surface area contributed by atoms with E-state index in [1.54, 1.807) is 19.9 Å². The summed E-state index contributed by atoms with van der Waals surface area (Å²) in [6.45, 7) is 6.66. The summed E-state index contributed by atoms with van der Waals surface area (Å²) in [5, 5.41) is 8.17. The van der Waals surface area contributed by atoms with Crippen LogP contribution in [-0.2, 0) is 10.0 Å². The van der Waals surface area contributed by atoms with Gasteiger partial charge in [0.1, 0.15) is 11.5 Å². The monoisotopic (exact) mass is 316 g/mol. The zero-order valence-electron chi connectivity index (χ0n) is 10.9. The van der Waals surface area contributed by atoms with Gasteiger partial charge in [-0.05, 0) is 37.6 Å². The third-order valence-electron chi connectivity index (χ3n) is 2.27. The van der Waals surface area contributed by atoms with E-state index in [0.717, 1.165) is 6.21 Å². The molecule has 0 aliphatic carbocycles. The molecule has 108 valence electrons. The molecule has 1 aromatic rings. The fourth-order valence-electron chi connectivity index (χ4n) is 1.27. The fraction of sp³-hybridized carbons (Fsp3) is 0.182. The maximum absolute atomic E-state index is 11.0. The lowest BCUT2D eigenvalue weighted by Crippen LogP contribution is -2.14. The van der Waals surface area contributed by atoms with E-state index < -0.39 is 15.3 Å². The molecule has 0 atom stereocenters. The Kier molecular flexibility index (Phi) is 4.98. The van der Waals surface area contributed by atoms with E-state index in [1.807, 2.05) is 0 Å². The molecule has 1 aromatic heterocycles. The Morgan fingerprint density at radius 3 is 2.60 bits per heavy atom. The van der Waals surface area contributed by atoms with Gasteiger partial charge in [0, 0.05) is 11.9 Å². The van der Waals surface area contributed by atoms with E-state index in [4.69, 9.17) is 16.7 Å². The second-order valence-electron chi connectivity index (χ2n) is 3.77. The number of carbonyl (C=O) groups is 1. The Morgan fingerprint density at radius 1 is 1.60 bits per heavy atom. The molecule has 20 heavy (non-hydrogen) atoms. The Labute approximate surface area is 121 Å². The van der Waals surface area contributed by atoms with Crippen LogP contribution in [0.5, 0.6) is 0 Å². The van der Waals surface area contributed by atoms with Crippen LogP contribution in [0.25, 0.3) is 5.82 Å². The second-order valence-corrected chi connectivity index (χ2v) is 5.73.